The fraction of sp³-hybridized carbons (Fsp3) is 0.424. The predicted octanol–water partition coefficient (Wildman–Crippen LogP) is 9.11. The molecule has 1 aromatic carbocycles. The van der Waals surface area contributed by atoms with Crippen LogP contribution >= 0.6 is 0 Å². The Labute approximate surface area is 254 Å². The van der Waals surface area contributed by atoms with Gasteiger partial charge in [0.15, 0.2) is 5.78 Å². The van der Waals surface area contributed by atoms with Crippen molar-refractivity contribution in [1.29, 1.82) is 0 Å². The molecular formula is C33H41IrN2O3-. The standard InChI is InChI=1S/C18H13N2O.C15H28O2.Ir/c1-11-6-9-16(19-10-11)15-5-3-4-13-14-8-7-12(2)20-18(14)21-17(13)15;1-7-14(5,8-2)12(16)11-13(17)15(6,9-3)10-4;/h3-4,6-10H,1-2H3;11,16H,7-10H2,1-6H3;/q-1;;/b;12-11-;/i1D3,2D3;;. The van der Waals surface area contributed by atoms with Crippen LogP contribution in [0, 0.1) is 30.6 Å². The maximum atomic E-state index is 12.2. The van der Waals surface area contributed by atoms with Crippen LogP contribution in [0.2, 0.25) is 0 Å². The predicted molar refractivity (Wildman–Crippen MR) is 156 cm³/mol. The Morgan fingerprint density at radius 2 is 1.69 bits per heavy atom. The van der Waals surface area contributed by atoms with Crippen molar-refractivity contribution in [2.45, 2.75) is 80.9 Å². The number of aryl methyl sites for hydroxylation is 2. The minimum absolute atomic E-state index is 0. The van der Waals surface area contributed by atoms with Gasteiger partial charge in [0.05, 0.1) is 5.58 Å². The van der Waals surface area contributed by atoms with Crippen LogP contribution in [0.15, 0.2) is 58.8 Å². The van der Waals surface area contributed by atoms with Crippen molar-refractivity contribution in [3.63, 3.8) is 0 Å². The molecule has 0 aliphatic rings. The summed E-state index contributed by atoms with van der Waals surface area (Å²) in [4.78, 5) is 20.5. The average Bonchev–Trinajstić information content (AvgIpc) is 3.38. The minimum Gasteiger partial charge on any atom is -0.512 e. The summed E-state index contributed by atoms with van der Waals surface area (Å²) >= 11 is 0. The van der Waals surface area contributed by atoms with Gasteiger partial charge in [-0.2, -0.15) is 0 Å². The van der Waals surface area contributed by atoms with Gasteiger partial charge in [0.1, 0.15) is 5.76 Å². The maximum Gasteiger partial charge on any atom is 0.216 e. The zero-order valence-electron chi connectivity index (χ0n) is 29.4. The zero-order valence-corrected chi connectivity index (χ0v) is 25.8. The van der Waals surface area contributed by atoms with E-state index >= 15 is 0 Å². The number of nitrogens with zero attached hydrogens (tertiary/aromatic N) is 2. The number of ketones is 1. The molecule has 211 valence electrons. The summed E-state index contributed by atoms with van der Waals surface area (Å²) in [5.41, 5.74) is 1.25. The number of pyridine rings is 2. The molecule has 0 aliphatic carbocycles. The summed E-state index contributed by atoms with van der Waals surface area (Å²) in [6, 6.07) is 12.8. The van der Waals surface area contributed by atoms with E-state index in [2.05, 4.69) is 16.0 Å². The van der Waals surface area contributed by atoms with Gasteiger partial charge in [0.25, 0.3) is 0 Å². The number of carbonyl (C=O) groups is 1. The molecule has 0 atom stereocenters. The molecule has 0 unspecified atom stereocenters. The van der Waals surface area contributed by atoms with Crippen LogP contribution in [0.25, 0.3) is 33.3 Å². The third-order valence-corrected chi connectivity index (χ3v) is 7.92. The van der Waals surface area contributed by atoms with Gasteiger partial charge in [0, 0.05) is 62.5 Å². The summed E-state index contributed by atoms with van der Waals surface area (Å²) in [6.45, 7) is 7.53. The second kappa shape index (κ2) is 13.5. The van der Waals surface area contributed by atoms with Gasteiger partial charge < -0.3 is 14.5 Å². The fourth-order valence-corrected chi connectivity index (χ4v) is 4.04. The van der Waals surface area contributed by atoms with Crippen molar-refractivity contribution in [3.8, 4) is 11.3 Å². The number of furan rings is 1. The van der Waals surface area contributed by atoms with E-state index in [-0.39, 0.29) is 59.4 Å². The molecule has 3 aromatic heterocycles. The fourth-order valence-electron chi connectivity index (χ4n) is 4.04. The number of fused-ring (bicyclic) bond motifs is 3. The van der Waals surface area contributed by atoms with E-state index in [1.165, 1.54) is 24.4 Å². The van der Waals surface area contributed by atoms with Crippen molar-refractivity contribution >= 4 is 27.9 Å². The van der Waals surface area contributed by atoms with Crippen molar-refractivity contribution in [2.24, 2.45) is 10.8 Å². The minimum atomic E-state index is -2.32. The molecular weight excluding hydrogens is 665 g/mol. The SMILES string of the molecule is CCC(C)(CC)C(=O)/C=C(\O)C(C)(CC)CC.[2H]C([2H])([2H])c1ccc(-c2[c-]ccc3c2oc2nc(C([2H])([2H])[2H])ccc23)nc1.[Ir]. The quantitative estimate of drug-likeness (QED) is 0.112. The summed E-state index contributed by atoms with van der Waals surface area (Å²) in [6.07, 6.45) is 6.06. The Morgan fingerprint density at radius 1 is 1.00 bits per heavy atom. The number of carbonyl (C=O) groups excluding carboxylic acids is 1. The van der Waals surface area contributed by atoms with Crippen LogP contribution < -0.4 is 0 Å². The number of benzene rings is 1. The van der Waals surface area contributed by atoms with E-state index < -0.39 is 13.7 Å². The smallest absolute Gasteiger partial charge is 0.216 e. The number of hydrogen-bond donors (Lipinski definition) is 1. The molecule has 4 rings (SSSR count). The number of aliphatic hydroxyl groups is 1. The molecule has 5 nitrogen and oxygen atoms in total. The second-order valence-electron chi connectivity index (χ2n) is 10.1. The molecule has 0 fully saturated rings. The van der Waals surface area contributed by atoms with Gasteiger partial charge in [-0.1, -0.05) is 64.6 Å². The molecule has 1 radical (unpaired) electrons. The molecule has 0 amide bonds. The number of hydrogen-bond acceptors (Lipinski definition) is 5. The molecule has 1 N–H and O–H groups in total. The Bertz CT molecular complexity index is 1630. The van der Waals surface area contributed by atoms with Crippen LogP contribution in [0.5, 0.6) is 0 Å². The van der Waals surface area contributed by atoms with Crippen molar-refractivity contribution in [3.05, 3.63) is 71.8 Å². The summed E-state index contributed by atoms with van der Waals surface area (Å²) in [5.74, 6) is 0.286. The van der Waals surface area contributed by atoms with Crippen molar-refractivity contribution < 1.29 is 42.6 Å². The topological polar surface area (TPSA) is 76.2 Å². The van der Waals surface area contributed by atoms with Gasteiger partial charge in [-0.25, -0.2) is 4.98 Å². The summed E-state index contributed by atoms with van der Waals surface area (Å²) in [7, 11) is 0. The van der Waals surface area contributed by atoms with Crippen molar-refractivity contribution in [2.75, 3.05) is 0 Å². The first-order valence-electron chi connectivity index (χ1n) is 16.1. The van der Waals surface area contributed by atoms with Crippen LogP contribution in [0.4, 0.5) is 0 Å². The first kappa shape index (κ1) is 24.0. The summed E-state index contributed by atoms with van der Waals surface area (Å²) < 4.78 is 50.6. The Balaban J connectivity index is 0.000000343. The second-order valence-corrected chi connectivity index (χ2v) is 10.1. The van der Waals surface area contributed by atoms with Crippen LogP contribution in [0.3, 0.4) is 0 Å². The largest absolute Gasteiger partial charge is 0.512 e. The van der Waals surface area contributed by atoms with Gasteiger partial charge in [-0.15, -0.1) is 18.2 Å². The Morgan fingerprint density at radius 3 is 2.26 bits per heavy atom. The monoisotopic (exact) mass is 712 g/mol. The van der Waals surface area contributed by atoms with Crippen molar-refractivity contribution in [1.82, 2.24) is 9.97 Å². The maximum absolute atomic E-state index is 12.2. The molecule has 0 saturated heterocycles. The van der Waals surface area contributed by atoms with Gasteiger partial charge in [-0.05, 0) is 62.8 Å². The number of allylic oxidation sites excluding steroid dienone is 2. The normalized spacial score (nSPS) is 15.1. The molecule has 39 heavy (non-hydrogen) atoms. The van der Waals surface area contributed by atoms with Gasteiger partial charge >= 0.3 is 0 Å². The molecule has 0 bridgehead atoms. The van der Waals surface area contributed by atoms with E-state index in [0.717, 1.165) is 31.1 Å². The number of rotatable bonds is 8. The molecule has 0 spiro atoms. The Hall–Kier alpha value is -2.82. The first-order chi connectivity index (χ1) is 20.4. The van der Waals surface area contributed by atoms with Crippen LogP contribution in [-0.2, 0) is 24.9 Å². The number of aromatic nitrogens is 2. The van der Waals surface area contributed by atoms with Crippen LogP contribution in [0.1, 0.15) is 86.7 Å². The average molecular weight is 712 g/mol. The van der Waals surface area contributed by atoms with Gasteiger partial charge in [0.2, 0.25) is 5.71 Å². The molecule has 4 aromatic rings. The first-order valence-corrected chi connectivity index (χ1v) is 13.1. The molecule has 0 saturated carbocycles. The number of aliphatic hydroxyl groups excluding tert-OH is 1. The molecule has 6 heteroatoms. The Kier molecular flexibility index (Phi) is 8.31. The molecule has 0 aliphatic heterocycles. The van der Waals surface area contributed by atoms with E-state index in [4.69, 9.17) is 12.6 Å². The van der Waals surface area contributed by atoms with E-state index in [0.29, 0.717) is 22.2 Å². The molecule has 3 heterocycles. The van der Waals surface area contributed by atoms with E-state index in [9.17, 15) is 9.90 Å². The van der Waals surface area contributed by atoms with E-state index in [1.807, 2.05) is 41.5 Å². The van der Waals surface area contributed by atoms with Gasteiger partial charge in [-0.3, -0.25) is 4.79 Å². The van der Waals surface area contributed by atoms with Crippen LogP contribution in [-0.4, -0.2) is 20.9 Å². The third kappa shape index (κ3) is 7.04. The summed E-state index contributed by atoms with van der Waals surface area (Å²) in [5, 5.41) is 11.6. The third-order valence-electron chi connectivity index (χ3n) is 7.92. The van der Waals surface area contributed by atoms with E-state index in [1.54, 1.807) is 24.3 Å². The zero-order chi connectivity index (χ0) is 33.1.